The van der Waals surface area contributed by atoms with E-state index >= 15 is 0 Å². The minimum atomic E-state index is -0.852. The Hall–Kier alpha value is -3.03. The van der Waals surface area contributed by atoms with Gasteiger partial charge < -0.3 is 0 Å². The van der Waals surface area contributed by atoms with Crippen LogP contribution in [0.4, 0.5) is 11.4 Å². The number of rotatable bonds is 3. The van der Waals surface area contributed by atoms with E-state index in [9.17, 15) is 25.0 Å². The Labute approximate surface area is 105 Å². The van der Waals surface area contributed by atoms with Crippen molar-refractivity contribution in [3.63, 3.8) is 0 Å². The molecule has 1 aromatic heterocycles. The van der Waals surface area contributed by atoms with Crippen molar-refractivity contribution in [3.05, 3.63) is 73.2 Å². The average Bonchev–Trinajstić information content (AvgIpc) is 2.38. The molecule has 19 heavy (non-hydrogen) atoms. The van der Waals surface area contributed by atoms with E-state index in [0.717, 1.165) is 16.7 Å². The molecule has 0 aliphatic rings. The van der Waals surface area contributed by atoms with Gasteiger partial charge in [0.15, 0.2) is 0 Å². The van der Waals surface area contributed by atoms with E-state index in [0.29, 0.717) is 0 Å². The lowest BCUT2D eigenvalue weighted by atomic mass is 10.2. The highest BCUT2D eigenvalue weighted by molar-refractivity contribution is 5.57. The summed E-state index contributed by atoms with van der Waals surface area (Å²) < 4.78 is 1.16. The second-order valence-electron chi connectivity index (χ2n) is 3.60. The van der Waals surface area contributed by atoms with Crippen molar-refractivity contribution < 1.29 is 9.85 Å². The van der Waals surface area contributed by atoms with Gasteiger partial charge in [0.1, 0.15) is 0 Å². The Kier molecular flexibility index (Phi) is 3.06. The molecule has 0 unspecified atom stereocenters. The van der Waals surface area contributed by atoms with Crippen LogP contribution >= 0.6 is 0 Å². The van der Waals surface area contributed by atoms with Crippen LogP contribution in [0.25, 0.3) is 5.69 Å². The maximum Gasteiger partial charge on any atom is 0.348 e. The van der Waals surface area contributed by atoms with Crippen LogP contribution < -0.4 is 5.56 Å². The van der Waals surface area contributed by atoms with Crippen LogP contribution in [0, 0.1) is 20.2 Å². The van der Waals surface area contributed by atoms with E-state index < -0.39 is 21.2 Å². The van der Waals surface area contributed by atoms with Crippen LogP contribution in [0.3, 0.4) is 0 Å². The van der Waals surface area contributed by atoms with Gasteiger partial charge in [-0.15, -0.1) is 0 Å². The minimum absolute atomic E-state index is 0.197. The predicted octanol–water partition coefficient (Wildman–Crippen LogP) is 1.65. The smallest absolute Gasteiger partial charge is 0.284 e. The van der Waals surface area contributed by atoms with Crippen LogP contribution in [0.2, 0.25) is 0 Å². The molecular formula is C11H7N3O5. The molecule has 0 fully saturated rings. The monoisotopic (exact) mass is 261 g/mol. The fourth-order valence-corrected chi connectivity index (χ4v) is 1.60. The lowest BCUT2D eigenvalue weighted by Crippen LogP contribution is -2.15. The molecule has 2 rings (SSSR count). The first-order chi connectivity index (χ1) is 9.00. The molecule has 0 spiro atoms. The SMILES string of the molecule is O=c1ccccn1-c1ccc([N+](=O)[O-])c([N+](=O)[O-])c1. The van der Waals surface area contributed by atoms with E-state index in [4.69, 9.17) is 0 Å². The summed E-state index contributed by atoms with van der Waals surface area (Å²) in [5, 5.41) is 21.5. The molecule has 0 saturated carbocycles. The summed E-state index contributed by atoms with van der Waals surface area (Å²) in [5.41, 5.74) is -1.45. The van der Waals surface area contributed by atoms with E-state index in [2.05, 4.69) is 0 Å². The average molecular weight is 261 g/mol. The number of nitro groups is 2. The fraction of sp³-hybridized carbons (Fsp3) is 0. The van der Waals surface area contributed by atoms with Crippen molar-refractivity contribution in [3.8, 4) is 5.69 Å². The van der Waals surface area contributed by atoms with E-state index in [1.54, 1.807) is 6.07 Å². The van der Waals surface area contributed by atoms with Crippen molar-refractivity contribution >= 4 is 11.4 Å². The predicted molar refractivity (Wildman–Crippen MR) is 65.3 cm³/mol. The van der Waals surface area contributed by atoms with E-state index in [1.807, 2.05) is 0 Å². The molecule has 0 atom stereocenters. The molecule has 0 saturated heterocycles. The zero-order chi connectivity index (χ0) is 14.0. The minimum Gasteiger partial charge on any atom is -0.284 e. The molecule has 0 radical (unpaired) electrons. The highest BCUT2D eigenvalue weighted by atomic mass is 16.6. The van der Waals surface area contributed by atoms with Gasteiger partial charge in [0, 0.05) is 24.4 Å². The standard InChI is InChI=1S/C11H7N3O5/c15-11-3-1-2-6-12(11)8-4-5-9(13(16)17)10(7-8)14(18)19/h1-7H. The van der Waals surface area contributed by atoms with Gasteiger partial charge >= 0.3 is 11.4 Å². The molecular weight excluding hydrogens is 254 g/mol. The van der Waals surface area contributed by atoms with E-state index in [-0.39, 0.29) is 11.2 Å². The van der Waals surface area contributed by atoms with Gasteiger partial charge in [0.25, 0.3) is 5.56 Å². The Bertz CT molecular complexity index is 722. The number of nitro benzene ring substituents is 2. The molecule has 8 nitrogen and oxygen atoms in total. The number of hydrogen-bond donors (Lipinski definition) is 0. The van der Waals surface area contributed by atoms with Crippen LogP contribution in [0.5, 0.6) is 0 Å². The first kappa shape index (κ1) is 12.4. The van der Waals surface area contributed by atoms with Gasteiger partial charge in [-0.25, -0.2) is 0 Å². The first-order valence-corrected chi connectivity index (χ1v) is 5.11. The number of nitrogens with zero attached hydrogens (tertiary/aromatic N) is 3. The molecule has 0 N–H and O–H groups in total. The van der Waals surface area contributed by atoms with Gasteiger partial charge in [-0.1, -0.05) is 6.07 Å². The van der Waals surface area contributed by atoms with Crippen LogP contribution in [-0.2, 0) is 0 Å². The normalized spacial score (nSPS) is 10.1. The summed E-state index contributed by atoms with van der Waals surface area (Å²) >= 11 is 0. The molecule has 0 bridgehead atoms. The van der Waals surface area contributed by atoms with Gasteiger partial charge in [0.05, 0.1) is 15.5 Å². The Morgan fingerprint density at radius 2 is 1.63 bits per heavy atom. The highest BCUT2D eigenvalue weighted by Gasteiger charge is 2.24. The van der Waals surface area contributed by atoms with Crippen molar-refractivity contribution in [2.75, 3.05) is 0 Å². The Morgan fingerprint density at radius 3 is 2.21 bits per heavy atom. The lowest BCUT2D eigenvalue weighted by molar-refractivity contribution is -0.422. The molecule has 0 amide bonds. The molecule has 0 aliphatic heterocycles. The molecule has 1 aromatic carbocycles. The maximum atomic E-state index is 11.6. The number of pyridine rings is 1. The lowest BCUT2D eigenvalue weighted by Gasteiger charge is -2.04. The second kappa shape index (κ2) is 4.69. The zero-order valence-corrected chi connectivity index (χ0v) is 9.42. The third kappa shape index (κ3) is 2.32. The summed E-state index contributed by atoms with van der Waals surface area (Å²) in [4.78, 5) is 31.4. The van der Waals surface area contributed by atoms with Crippen molar-refractivity contribution in [2.24, 2.45) is 0 Å². The Balaban J connectivity index is 2.66. The third-order valence-electron chi connectivity index (χ3n) is 2.45. The molecule has 96 valence electrons. The van der Waals surface area contributed by atoms with Gasteiger partial charge in [0.2, 0.25) is 0 Å². The highest BCUT2D eigenvalue weighted by Crippen LogP contribution is 2.28. The number of benzene rings is 1. The van der Waals surface area contributed by atoms with Crippen LogP contribution in [0.15, 0.2) is 47.4 Å². The van der Waals surface area contributed by atoms with Crippen molar-refractivity contribution in [1.82, 2.24) is 4.57 Å². The van der Waals surface area contributed by atoms with Gasteiger partial charge in [-0.05, 0) is 12.1 Å². The summed E-state index contributed by atoms with van der Waals surface area (Å²) in [6, 6.07) is 7.68. The summed E-state index contributed by atoms with van der Waals surface area (Å²) in [5.74, 6) is 0. The molecule has 2 aromatic rings. The molecule has 1 heterocycles. The Morgan fingerprint density at radius 1 is 0.947 bits per heavy atom. The zero-order valence-electron chi connectivity index (χ0n) is 9.42. The summed E-state index contributed by atoms with van der Waals surface area (Å²) in [6.07, 6.45) is 1.42. The number of hydrogen-bond acceptors (Lipinski definition) is 5. The fourth-order valence-electron chi connectivity index (χ4n) is 1.60. The van der Waals surface area contributed by atoms with Gasteiger partial charge in [-0.2, -0.15) is 0 Å². The quantitative estimate of drug-likeness (QED) is 0.616. The largest absolute Gasteiger partial charge is 0.348 e. The number of aromatic nitrogens is 1. The van der Waals surface area contributed by atoms with Crippen LogP contribution in [-0.4, -0.2) is 14.4 Å². The van der Waals surface area contributed by atoms with Crippen molar-refractivity contribution in [1.29, 1.82) is 0 Å². The molecule has 8 heteroatoms. The van der Waals surface area contributed by atoms with Gasteiger partial charge in [-0.3, -0.25) is 29.6 Å². The topological polar surface area (TPSA) is 108 Å². The van der Waals surface area contributed by atoms with E-state index in [1.165, 1.54) is 24.4 Å². The first-order valence-electron chi connectivity index (χ1n) is 5.11. The third-order valence-corrected chi connectivity index (χ3v) is 2.45. The van der Waals surface area contributed by atoms with Crippen LogP contribution in [0.1, 0.15) is 0 Å². The van der Waals surface area contributed by atoms with Crippen molar-refractivity contribution in [2.45, 2.75) is 0 Å². The maximum absolute atomic E-state index is 11.6. The summed E-state index contributed by atoms with van der Waals surface area (Å²) in [6.45, 7) is 0. The molecule has 0 aliphatic carbocycles. The second-order valence-corrected chi connectivity index (χ2v) is 3.60. The summed E-state index contributed by atoms with van der Waals surface area (Å²) in [7, 11) is 0.